The summed E-state index contributed by atoms with van der Waals surface area (Å²) in [5, 5.41) is 0. The van der Waals surface area contributed by atoms with Crippen LogP contribution in [0.1, 0.15) is 102 Å². The average molecular weight is 1350 g/mol. The normalized spacial score (nSPS) is 11.7. The number of hydrogen-bond donors (Lipinski definition) is 0. The predicted octanol–water partition coefficient (Wildman–Crippen LogP) is 21.0. The SMILES string of the molecule is Cc1cc(C(c2ccccc2)c2ccccc2)c([N]([Ge][N](c2ccccc2)[N]([Ge][N](c2c(C(c3ccccc3)c3ccccc3)cc(C)cc2C(c2ccccc2)c2ccccc2)[Si](C)(C)C)c2ccccc2)[Si](C)(C)C)c(C(c2ccccc2)c2ccccc2)c1. The summed E-state index contributed by atoms with van der Waals surface area (Å²) in [6, 6.07) is 124. The Balaban J connectivity index is 1.15. The molecule has 12 rings (SSSR count). The van der Waals surface area contributed by atoms with E-state index in [4.69, 9.17) is 0 Å². The van der Waals surface area contributed by atoms with E-state index in [9.17, 15) is 0 Å². The summed E-state index contributed by atoms with van der Waals surface area (Å²) < 4.78 is 11.7. The second kappa shape index (κ2) is 28.9. The molecule has 0 fully saturated rings. The van der Waals surface area contributed by atoms with Crippen molar-refractivity contribution in [1.82, 2.24) is 0 Å². The third kappa shape index (κ3) is 14.3. The molecule has 0 aliphatic heterocycles. The summed E-state index contributed by atoms with van der Waals surface area (Å²) in [6.45, 7) is 20.2. The van der Waals surface area contributed by atoms with E-state index in [0.717, 1.165) is 0 Å². The molecule has 8 heteroatoms. The second-order valence-electron chi connectivity index (χ2n) is 26.1. The number of benzene rings is 12. The van der Waals surface area contributed by atoms with Gasteiger partial charge in [0.25, 0.3) is 0 Å². The van der Waals surface area contributed by atoms with E-state index >= 15 is 0 Å². The molecule has 0 aliphatic rings. The molecule has 0 amide bonds. The zero-order chi connectivity index (χ0) is 63.6. The fraction of sp³-hybridized carbons (Fsp3) is 0.143. The monoisotopic (exact) mass is 1350 g/mol. The first-order valence-corrected chi connectivity index (χ1v) is 43.0. The molecular formula is C84H82Ge2N4Si2. The number of hydrazine groups is 1. The zero-order valence-corrected chi connectivity index (χ0v) is 60.5. The number of nitrogens with zero attached hydrogens (tertiary/aromatic N) is 4. The van der Waals surface area contributed by atoms with Crippen LogP contribution < -0.4 is 15.0 Å². The molecule has 12 aromatic rings. The maximum atomic E-state index is 3.03. The van der Waals surface area contributed by atoms with Crippen molar-refractivity contribution in [2.75, 3.05) is 15.0 Å². The standard InChI is InChI=1S/C84H82Ge2N4Si2/c1-63-59-75(79(65-39-19-9-20-40-65)66-41-21-10-22-42-66)83(76(60-63)80(67-43-23-11-24-44-67)68-45-25-12-26-46-68)89(91(3,4)5)85-87(73-55-35-17-36-56-73)88(74-57-37-18-38-58-74)86-90(92(6,7)8)84-77(81(69-47-27-13-28-48-69)70-49-29-14-30-50-70)61-64(2)62-78(84)82(71-51-31-15-32-52-71)72-53-33-16-34-54-72/h9-62,79-82H,1-8H3. The minimum absolute atomic E-state index is 0.0577. The molecule has 12 aromatic carbocycles. The van der Waals surface area contributed by atoms with Crippen molar-refractivity contribution < 1.29 is 0 Å². The molecule has 92 heavy (non-hydrogen) atoms. The Morgan fingerprint density at radius 1 is 0.239 bits per heavy atom. The number of rotatable bonds is 23. The van der Waals surface area contributed by atoms with Gasteiger partial charge in [0.1, 0.15) is 0 Å². The van der Waals surface area contributed by atoms with Crippen molar-refractivity contribution in [1.29, 1.82) is 0 Å². The van der Waals surface area contributed by atoms with E-state index in [2.05, 4.69) is 396 Å². The first kappa shape index (κ1) is 63.5. The minimum atomic E-state index is -2.46. The number of hydrogen-bond acceptors (Lipinski definition) is 4. The summed E-state index contributed by atoms with van der Waals surface area (Å²) in [5.41, 5.74) is 23.2. The molecule has 0 spiro atoms. The Labute approximate surface area is 563 Å². The van der Waals surface area contributed by atoms with Crippen molar-refractivity contribution in [3.8, 4) is 0 Å². The molecule has 0 aliphatic carbocycles. The Bertz CT molecular complexity index is 3630. The first-order chi connectivity index (χ1) is 44.8. The van der Waals surface area contributed by atoms with Gasteiger partial charge in [-0.05, 0) is 0 Å². The van der Waals surface area contributed by atoms with Gasteiger partial charge in [0, 0.05) is 0 Å². The summed E-state index contributed by atoms with van der Waals surface area (Å²) in [6.07, 6.45) is 0. The van der Waals surface area contributed by atoms with Crippen molar-refractivity contribution in [3.05, 3.63) is 405 Å². The molecule has 4 nitrogen and oxygen atoms in total. The Kier molecular flexibility index (Phi) is 19.9. The van der Waals surface area contributed by atoms with E-state index < -0.39 is 48.2 Å². The fourth-order valence-corrected chi connectivity index (χ4v) is 25.7. The van der Waals surface area contributed by atoms with Gasteiger partial charge in [0.2, 0.25) is 0 Å². The summed E-state index contributed by atoms with van der Waals surface area (Å²) in [5.74, 6) is -0.231. The van der Waals surface area contributed by atoms with E-state index in [0.29, 0.717) is 0 Å². The average Bonchev–Trinajstić information content (AvgIpc) is 0.782. The van der Waals surface area contributed by atoms with E-state index in [-0.39, 0.29) is 23.7 Å². The molecule has 0 unspecified atom stereocenters. The van der Waals surface area contributed by atoms with E-state index in [1.165, 1.54) is 101 Å². The maximum absolute atomic E-state index is 3.03. The number of anilines is 4. The van der Waals surface area contributed by atoms with Crippen LogP contribution >= 0.6 is 0 Å². The zero-order valence-electron chi connectivity index (χ0n) is 54.3. The first-order valence-electron chi connectivity index (χ1n) is 32.3. The molecule has 0 heterocycles. The summed E-state index contributed by atoms with van der Waals surface area (Å²) >= 11 is -2.78. The van der Waals surface area contributed by atoms with E-state index in [1.807, 2.05) is 0 Å². The molecular weight excluding hydrogens is 1270 g/mol. The van der Waals surface area contributed by atoms with Crippen LogP contribution in [0.15, 0.2) is 328 Å². The third-order valence-electron chi connectivity index (χ3n) is 17.3. The van der Waals surface area contributed by atoms with Crippen LogP contribution in [0.3, 0.4) is 0 Å². The second-order valence-corrected chi connectivity index (χ2v) is 42.1. The number of para-hydroxylation sites is 2. The van der Waals surface area contributed by atoms with Gasteiger partial charge >= 0.3 is 568 Å². The molecule has 0 aromatic heterocycles. The van der Waals surface area contributed by atoms with Crippen LogP contribution in [0.5, 0.6) is 0 Å². The summed E-state index contributed by atoms with van der Waals surface area (Å²) in [4.78, 5) is 0. The quantitative estimate of drug-likeness (QED) is 0.0359. The van der Waals surface area contributed by atoms with Crippen molar-refractivity contribution in [3.63, 3.8) is 0 Å². The van der Waals surface area contributed by atoms with Crippen molar-refractivity contribution >= 4 is 71.0 Å². The van der Waals surface area contributed by atoms with Crippen molar-refractivity contribution in [2.24, 2.45) is 0 Å². The number of aryl methyl sites for hydroxylation is 2. The topological polar surface area (TPSA) is 13.0 Å². The van der Waals surface area contributed by atoms with Gasteiger partial charge < -0.3 is 0 Å². The Hall–Kier alpha value is -8.64. The van der Waals surface area contributed by atoms with Crippen LogP contribution in [-0.4, -0.2) is 48.2 Å². The molecule has 0 N–H and O–H groups in total. The van der Waals surface area contributed by atoms with Gasteiger partial charge in [0.15, 0.2) is 0 Å². The third-order valence-corrected chi connectivity index (χ3v) is 35.3. The van der Waals surface area contributed by atoms with E-state index in [1.54, 1.807) is 0 Å². The van der Waals surface area contributed by atoms with Gasteiger partial charge in [-0.1, -0.05) is 0 Å². The van der Waals surface area contributed by atoms with Crippen LogP contribution in [0.2, 0.25) is 39.3 Å². The fourth-order valence-electron chi connectivity index (χ4n) is 13.3. The summed E-state index contributed by atoms with van der Waals surface area (Å²) in [7, 11) is -4.92. The molecule has 0 bridgehead atoms. The Morgan fingerprint density at radius 2 is 0.402 bits per heavy atom. The van der Waals surface area contributed by atoms with Crippen LogP contribution in [0.4, 0.5) is 22.7 Å². The van der Waals surface area contributed by atoms with Crippen LogP contribution in [0.25, 0.3) is 0 Å². The van der Waals surface area contributed by atoms with Crippen LogP contribution in [0, 0.1) is 13.8 Å². The van der Waals surface area contributed by atoms with Gasteiger partial charge in [-0.2, -0.15) is 0 Å². The predicted molar refractivity (Wildman–Crippen MR) is 399 cm³/mol. The Morgan fingerprint density at radius 3 is 0.565 bits per heavy atom. The van der Waals surface area contributed by atoms with Gasteiger partial charge in [0.05, 0.1) is 0 Å². The van der Waals surface area contributed by atoms with Gasteiger partial charge in [-0.3, -0.25) is 0 Å². The molecule has 0 saturated carbocycles. The van der Waals surface area contributed by atoms with Gasteiger partial charge in [-0.25, -0.2) is 0 Å². The van der Waals surface area contributed by atoms with Crippen molar-refractivity contribution in [2.45, 2.75) is 76.8 Å². The molecule has 4 radical (unpaired) electrons. The molecule has 454 valence electrons. The molecule has 0 atom stereocenters. The molecule has 0 saturated heterocycles. The van der Waals surface area contributed by atoms with Crippen LogP contribution in [-0.2, 0) is 0 Å². The van der Waals surface area contributed by atoms with Gasteiger partial charge in [-0.15, -0.1) is 0 Å².